The smallest absolute Gasteiger partial charge is 0.415 e. The second-order valence-electron chi connectivity index (χ2n) is 12.4. The fourth-order valence-electron chi connectivity index (χ4n) is 8.71. The van der Waals surface area contributed by atoms with Crippen LogP contribution in [0.1, 0.15) is 63.6 Å². The maximum atomic E-state index is 13.2. The molecule has 4 aliphatic rings. The maximum absolute atomic E-state index is 13.2. The highest BCUT2D eigenvalue weighted by molar-refractivity contribution is 7.91. The molecule has 0 amide bonds. The Balaban J connectivity index is 1.13. The number of fused-ring (bicyclic) bond motifs is 7. The number of ether oxygens (including phenoxy) is 1. The molecule has 7 rings (SSSR count). The Bertz CT molecular complexity index is 1580. The average Bonchev–Trinajstić information content (AvgIpc) is 3.57. The van der Waals surface area contributed by atoms with Crippen molar-refractivity contribution < 1.29 is 22.7 Å². The first-order valence-electron chi connectivity index (χ1n) is 13.9. The predicted molar refractivity (Wildman–Crippen MR) is 140 cm³/mol. The lowest BCUT2D eigenvalue weighted by atomic mass is 9.48. The second-order valence-corrected chi connectivity index (χ2v) is 14.3. The van der Waals surface area contributed by atoms with E-state index in [0.717, 1.165) is 25.7 Å². The maximum Gasteiger partial charge on any atom is 0.415 e. The van der Waals surface area contributed by atoms with Gasteiger partial charge in [-0.1, -0.05) is 43.7 Å². The van der Waals surface area contributed by atoms with Crippen molar-refractivity contribution >= 4 is 9.84 Å². The van der Waals surface area contributed by atoms with Crippen LogP contribution in [0.4, 0.5) is 0 Å². The molecule has 0 spiro atoms. The van der Waals surface area contributed by atoms with Gasteiger partial charge in [0.1, 0.15) is 6.10 Å². The van der Waals surface area contributed by atoms with Crippen molar-refractivity contribution in [2.24, 2.45) is 30.2 Å². The van der Waals surface area contributed by atoms with Gasteiger partial charge in [-0.3, -0.25) is 9.31 Å². The molecule has 3 aromatic rings. The molecule has 4 aliphatic carbocycles. The van der Waals surface area contributed by atoms with Crippen LogP contribution >= 0.6 is 0 Å². The Morgan fingerprint density at radius 1 is 1.10 bits per heavy atom. The number of sulfone groups is 1. The Hall–Kier alpha value is -3.14. The Morgan fingerprint density at radius 3 is 2.67 bits per heavy atom. The molecule has 2 heterocycles. The number of aryl methyl sites for hydroxylation is 1. The fraction of sp³-hybridized carbons (Fsp3) is 0.552. The number of aromatic nitrogens is 4. The Kier molecular flexibility index (Phi) is 5.37. The number of allylic oxidation sites excluding steroid dienone is 1. The highest BCUT2D eigenvalue weighted by Crippen LogP contribution is 2.64. The van der Waals surface area contributed by atoms with Gasteiger partial charge in [-0.25, -0.2) is 8.42 Å². The predicted octanol–water partition coefficient (Wildman–Crippen LogP) is 4.30. The van der Waals surface area contributed by atoms with Gasteiger partial charge in [-0.05, 0) is 84.3 Å². The Morgan fingerprint density at radius 2 is 1.87 bits per heavy atom. The number of benzene rings is 1. The summed E-state index contributed by atoms with van der Waals surface area (Å²) in [5, 5.41) is 20.0. The lowest BCUT2D eigenvalue weighted by Gasteiger charge is -2.57. The molecule has 0 saturated heterocycles. The molecule has 0 N–H and O–H groups in total. The molecule has 2 aromatic heterocycles. The van der Waals surface area contributed by atoms with Gasteiger partial charge in [-0.15, -0.1) is 0 Å². The van der Waals surface area contributed by atoms with E-state index in [9.17, 15) is 13.6 Å². The molecule has 0 radical (unpaired) electrons. The summed E-state index contributed by atoms with van der Waals surface area (Å²) >= 11 is 0. The molecule has 10 heteroatoms. The quantitative estimate of drug-likeness (QED) is 0.351. The SMILES string of the molecule is Cn1ncc2c1[C@@]1(C)CC[C@H]3[C@@H](CC=C4C[C@@H](Oc5no[n+]([O-])c5S(=O)(=O)c5ccccc5)CC[C@@]43C)[C@@H]1C2. The van der Waals surface area contributed by atoms with Crippen LogP contribution in [0.3, 0.4) is 0 Å². The fourth-order valence-corrected chi connectivity index (χ4v) is 9.99. The summed E-state index contributed by atoms with van der Waals surface area (Å²) in [7, 11) is -2.06. The molecule has 2 fully saturated rings. The largest absolute Gasteiger partial charge is 0.451 e. The summed E-state index contributed by atoms with van der Waals surface area (Å²) in [6.45, 7) is 4.88. The standard InChI is InChI=1S/C29H34N4O5S/c1-28-13-11-20(37-26-27(33(34)38-31-26)39(35,36)21-7-5-4-6-8-21)16-19(28)9-10-22-23(28)12-14-29(2)24(22)15-18-17-30-32(3)25(18)29/h4-9,17,20,22-24H,10-16H2,1-3H3/t20-,22+,23-,24-,28-,29-/m0/s1. The van der Waals surface area contributed by atoms with Gasteiger partial charge in [-0.2, -0.15) is 5.10 Å². The summed E-state index contributed by atoms with van der Waals surface area (Å²) in [6.07, 6.45) is 11.2. The van der Waals surface area contributed by atoms with Crippen LogP contribution in [-0.2, 0) is 28.7 Å². The zero-order valence-electron chi connectivity index (χ0n) is 22.5. The molecule has 9 nitrogen and oxygen atoms in total. The monoisotopic (exact) mass is 550 g/mol. The van der Waals surface area contributed by atoms with Crippen LogP contribution in [0, 0.1) is 28.4 Å². The lowest BCUT2D eigenvalue weighted by Crippen LogP contribution is -2.51. The van der Waals surface area contributed by atoms with Crippen molar-refractivity contribution in [2.75, 3.05) is 0 Å². The van der Waals surface area contributed by atoms with E-state index in [-0.39, 0.29) is 32.6 Å². The average molecular weight is 551 g/mol. The number of nitrogens with zero attached hydrogens (tertiary/aromatic N) is 4. The lowest BCUT2D eigenvalue weighted by molar-refractivity contribution is -0.832. The van der Waals surface area contributed by atoms with E-state index < -0.39 is 14.9 Å². The number of rotatable bonds is 4. The van der Waals surface area contributed by atoms with Gasteiger partial charge in [0, 0.05) is 24.6 Å². The van der Waals surface area contributed by atoms with E-state index in [1.807, 2.05) is 0 Å². The molecular weight excluding hydrogens is 516 g/mol. The Labute approximate surface area is 228 Å². The number of hydrogen-bond donors (Lipinski definition) is 0. The van der Waals surface area contributed by atoms with Gasteiger partial charge in [0.05, 0.1) is 16.2 Å². The third-order valence-corrected chi connectivity index (χ3v) is 12.3. The second kappa shape index (κ2) is 8.43. The first-order valence-corrected chi connectivity index (χ1v) is 15.4. The molecule has 206 valence electrons. The zero-order valence-corrected chi connectivity index (χ0v) is 23.4. The highest BCUT2D eigenvalue weighted by Gasteiger charge is 2.58. The third-order valence-electron chi connectivity index (χ3n) is 10.6. The topological polar surface area (TPSA) is 114 Å². The first kappa shape index (κ1) is 24.9. The van der Waals surface area contributed by atoms with E-state index in [1.54, 1.807) is 18.2 Å². The molecule has 2 saturated carbocycles. The molecule has 1 aromatic carbocycles. The van der Waals surface area contributed by atoms with Crippen LogP contribution in [0.2, 0.25) is 0 Å². The van der Waals surface area contributed by atoms with Crippen molar-refractivity contribution in [3.05, 3.63) is 64.6 Å². The van der Waals surface area contributed by atoms with Gasteiger partial charge < -0.3 is 9.94 Å². The molecule has 6 atom stereocenters. The van der Waals surface area contributed by atoms with Crippen LogP contribution in [0.5, 0.6) is 5.88 Å². The molecular formula is C29H34N4O5S. The van der Waals surface area contributed by atoms with Gasteiger partial charge >= 0.3 is 10.9 Å². The van der Waals surface area contributed by atoms with Crippen LogP contribution in [-0.4, -0.2) is 29.5 Å². The van der Waals surface area contributed by atoms with Crippen LogP contribution in [0.25, 0.3) is 0 Å². The minimum atomic E-state index is -4.15. The summed E-state index contributed by atoms with van der Waals surface area (Å²) in [4.78, 5) is -0.0717. The minimum absolute atomic E-state index is 0.00552. The van der Waals surface area contributed by atoms with Crippen LogP contribution < -0.4 is 9.64 Å². The van der Waals surface area contributed by atoms with E-state index in [1.165, 1.54) is 41.8 Å². The van der Waals surface area contributed by atoms with Gasteiger partial charge in [0.2, 0.25) is 0 Å². The van der Waals surface area contributed by atoms with Crippen molar-refractivity contribution in [3.63, 3.8) is 0 Å². The molecule has 0 unspecified atom stereocenters. The van der Waals surface area contributed by atoms with Crippen molar-refractivity contribution in [1.29, 1.82) is 0 Å². The first-order chi connectivity index (χ1) is 18.6. The van der Waals surface area contributed by atoms with E-state index in [2.05, 4.69) is 48.1 Å². The van der Waals surface area contributed by atoms with Crippen LogP contribution in [0.15, 0.2) is 62.7 Å². The molecule has 0 aliphatic heterocycles. The van der Waals surface area contributed by atoms with Gasteiger partial charge in [0.25, 0.3) is 9.84 Å². The molecule has 0 bridgehead atoms. The summed E-state index contributed by atoms with van der Waals surface area (Å²) in [5.41, 5.74) is 4.54. The third kappa shape index (κ3) is 3.49. The van der Waals surface area contributed by atoms with Crippen molar-refractivity contribution in [1.82, 2.24) is 14.9 Å². The highest BCUT2D eigenvalue weighted by atomic mass is 32.2. The van der Waals surface area contributed by atoms with E-state index >= 15 is 0 Å². The number of hydrogen-bond acceptors (Lipinski definition) is 7. The summed E-state index contributed by atoms with van der Waals surface area (Å²) in [6, 6.07) is 7.81. The zero-order chi connectivity index (χ0) is 27.2. The summed E-state index contributed by atoms with van der Waals surface area (Å²) < 4.78 is 39.3. The van der Waals surface area contributed by atoms with Crippen molar-refractivity contribution in [3.8, 4) is 5.88 Å². The van der Waals surface area contributed by atoms with E-state index in [4.69, 9.17) is 9.37 Å². The molecule has 39 heavy (non-hydrogen) atoms. The van der Waals surface area contributed by atoms with Crippen molar-refractivity contribution in [2.45, 2.75) is 80.2 Å². The van der Waals surface area contributed by atoms with Gasteiger partial charge in [0.15, 0.2) is 0 Å². The summed E-state index contributed by atoms with van der Waals surface area (Å²) in [5.74, 6) is 1.62. The minimum Gasteiger partial charge on any atom is -0.451 e. The van der Waals surface area contributed by atoms with E-state index in [0.29, 0.717) is 24.2 Å². The normalized spacial score (nSPS) is 33.5.